The van der Waals surface area contributed by atoms with E-state index in [0.29, 0.717) is 17.9 Å². The number of rotatable bonds is 4. The number of hydrogen-bond acceptors (Lipinski definition) is 4. The molecule has 1 amide bonds. The van der Waals surface area contributed by atoms with Gasteiger partial charge >= 0.3 is 0 Å². The molecule has 0 bridgehead atoms. The van der Waals surface area contributed by atoms with Gasteiger partial charge in [-0.1, -0.05) is 23.7 Å². The van der Waals surface area contributed by atoms with Crippen molar-refractivity contribution in [3.8, 4) is 11.5 Å². The van der Waals surface area contributed by atoms with Crippen molar-refractivity contribution in [1.82, 2.24) is 5.32 Å². The first kappa shape index (κ1) is 17.9. The number of hydrogen-bond donors (Lipinski definition) is 2. The molecule has 25 heavy (non-hydrogen) atoms. The maximum Gasteiger partial charge on any atom is 0.251 e. The summed E-state index contributed by atoms with van der Waals surface area (Å²) in [5.74, 6) is 0.0643. The van der Waals surface area contributed by atoms with E-state index in [1.165, 1.54) is 30.0 Å². The van der Waals surface area contributed by atoms with E-state index in [9.17, 15) is 14.3 Å². The van der Waals surface area contributed by atoms with Crippen molar-refractivity contribution >= 4 is 29.3 Å². The molecule has 0 radical (unpaired) electrons. The summed E-state index contributed by atoms with van der Waals surface area (Å²) in [6, 6.07) is 7.45. The van der Waals surface area contributed by atoms with Crippen LogP contribution in [-0.2, 0) is 0 Å². The van der Waals surface area contributed by atoms with Crippen molar-refractivity contribution in [2.24, 2.45) is 0 Å². The third-order valence-electron chi connectivity index (χ3n) is 3.92. The van der Waals surface area contributed by atoms with Crippen LogP contribution in [-0.4, -0.2) is 23.4 Å². The van der Waals surface area contributed by atoms with Gasteiger partial charge in [0.05, 0.1) is 17.7 Å². The molecule has 2 aromatic carbocycles. The Hall–Kier alpha value is -1.92. The van der Waals surface area contributed by atoms with E-state index in [1.54, 1.807) is 13.0 Å². The van der Waals surface area contributed by atoms with E-state index in [2.05, 4.69) is 5.32 Å². The van der Waals surface area contributed by atoms with Crippen molar-refractivity contribution in [2.45, 2.75) is 24.3 Å². The highest BCUT2D eigenvalue weighted by molar-refractivity contribution is 7.99. The van der Waals surface area contributed by atoms with Crippen LogP contribution in [0.15, 0.2) is 35.2 Å². The smallest absolute Gasteiger partial charge is 0.251 e. The number of thioether (sulfide) groups is 1. The molecule has 0 aliphatic carbocycles. The van der Waals surface area contributed by atoms with Gasteiger partial charge in [0.25, 0.3) is 5.91 Å². The highest BCUT2D eigenvalue weighted by Gasteiger charge is 2.25. The third kappa shape index (κ3) is 3.70. The molecule has 7 heteroatoms. The Kier molecular flexibility index (Phi) is 5.39. The number of carbonyl (C=O) groups excluding carboxylic acids is 1. The fraction of sp³-hybridized carbons (Fsp3) is 0.278. The van der Waals surface area contributed by atoms with Gasteiger partial charge < -0.3 is 15.2 Å². The molecule has 1 aliphatic rings. The number of aromatic hydroxyl groups is 1. The Morgan fingerprint density at radius 1 is 1.48 bits per heavy atom. The third-order valence-corrected chi connectivity index (χ3v) is 5.37. The SMILES string of the molecule is CCOc1cc(C(=O)NC2CCSc3c(F)cccc32)cc(Cl)c1O. The zero-order valence-electron chi connectivity index (χ0n) is 13.5. The molecule has 1 heterocycles. The van der Waals surface area contributed by atoms with E-state index in [1.807, 2.05) is 6.07 Å². The van der Waals surface area contributed by atoms with Crippen LogP contribution in [0.2, 0.25) is 5.02 Å². The number of amides is 1. The minimum Gasteiger partial charge on any atom is -0.503 e. The number of ether oxygens (including phenoxy) is 1. The lowest BCUT2D eigenvalue weighted by molar-refractivity contribution is 0.0934. The average molecular weight is 382 g/mol. The predicted molar refractivity (Wildman–Crippen MR) is 96.2 cm³/mol. The molecule has 4 nitrogen and oxygen atoms in total. The lowest BCUT2D eigenvalue weighted by atomic mass is 10.0. The largest absolute Gasteiger partial charge is 0.503 e. The van der Waals surface area contributed by atoms with E-state index in [0.717, 1.165) is 11.3 Å². The second kappa shape index (κ2) is 7.54. The van der Waals surface area contributed by atoms with Gasteiger partial charge in [0.1, 0.15) is 5.82 Å². The second-order valence-corrected chi connectivity index (χ2v) is 7.07. The Balaban J connectivity index is 1.86. The van der Waals surface area contributed by atoms with Gasteiger partial charge in [-0.25, -0.2) is 4.39 Å². The molecule has 1 aliphatic heterocycles. The van der Waals surface area contributed by atoms with Gasteiger partial charge in [0, 0.05) is 16.2 Å². The first-order chi connectivity index (χ1) is 12.0. The van der Waals surface area contributed by atoms with Gasteiger partial charge in [0.15, 0.2) is 11.5 Å². The van der Waals surface area contributed by atoms with Crippen LogP contribution >= 0.6 is 23.4 Å². The Labute approximate surface area is 154 Å². The predicted octanol–water partition coefficient (Wildman–Crippen LogP) is 4.55. The molecule has 132 valence electrons. The quantitative estimate of drug-likeness (QED) is 0.815. The molecule has 0 fully saturated rings. The highest BCUT2D eigenvalue weighted by atomic mass is 35.5. The first-order valence-corrected chi connectivity index (χ1v) is 9.25. The van der Waals surface area contributed by atoms with E-state index < -0.39 is 0 Å². The van der Waals surface area contributed by atoms with Gasteiger partial charge in [-0.3, -0.25) is 4.79 Å². The van der Waals surface area contributed by atoms with Crippen LogP contribution in [0.25, 0.3) is 0 Å². The van der Waals surface area contributed by atoms with Crippen LogP contribution in [0.1, 0.15) is 35.3 Å². The van der Waals surface area contributed by atoms with Crippen LogP contribution in [0, 0.1) is 5.82 Å². The first-order valence-electron chi connectivity index (χ1n) is 7.88. The molecule has 1 unspecified atom stereocenters. The zero-order chi connectivity index (χ0) is 18.0. The zero-order valence-corrected chi connectivity index (χ0v) is 15.1. The molecule has 0 spiro atoms. The average Bonchev–Trinajstić information content (AvgIpc) is 2.60. The van der Waals surface area contributed by atoms with E-state index in [4.69, 9.17) is 16.3 Å². The second-order valence-electron chi connectivity index (χ2n) is 5.56. The van der Waals surface area contributed by atoms with Crippen molar-refractivity contribution < 1.29 is 19.0 Å². The minimum atomic E-state index is -0.352. The topological polar surface area (TPSA) is 58.6 Å². The molecule has 3 rings (SSSR count). The number of fused-ring (bicyclic) bond motifs is 1. The Morgan fingerprint density at radius 3 is 3.04 bits per heavy atom. The molecular weight excluding hydrogens is 365 g/mol. The monoisotopic (exact) mass is 381 g/mol. The highest BCUT2D eigenvalue weighted by Crippen LogP contribution is 2.39. The molecule has 0 saturated heterocycles. The molecule has 2 N–H and O–H groups in total. The number of nitrogens with one attached hydrogen (secondary N) is 1. The van der Waals surface area contributed by atoms with Crippen LogP contribution in [0.4, 0.5) is 4.39 Å². The summed E-state index contributed by atoms with van der Waals surface area (Å²) in [6.45, 7) is 2.10. The Bertz CT molecular complexity index is 815. The summed E-state index contributed by atoms with van der Waals surface area (Å²) >= 11 is 7.44. The van der Waals surface area contributed by atoms with Crippen molar-refractivity contribution in [1.29, 1.82) is 0 Å². The lowest BCUT2D eigenvalue weighted by Crippen LogP contribution is -2.30. The molecule has 2 aromatic rings. The number of benzene rings is 2. The van der Waals surface area contributed by atoms with E-state index in [-0.39, 0.29) is 39.9 Å². The number of phenols is 1. The minimum absolute atomic E-state index is 0.0433. The molecule has 1 atom stereocenters. The maximum absolute atomic E-state index is 13.9. The lowest BCUT2D eigenvalue weighted by Gasteiger charge is -2.26. The van der Waals surface area contributed by atoms with Crippen LogP contribution < -0.4 is 10.1 Å². The van der Waals surface area contributed by atoms with Crippen LogP contribution in [0.3, 0.4) is 0 Å². The van der Waals surface area contributed by atoms with Crippen LogP contribution in [0.5, 0.6) is 11.5 Å². The fourth-order valence-corrected chi connectivity index (χ4v) is 4.10. The summed E-state index contributed by atoms with van der Waals surface area (Å²) in [5, 5.41) is 12.8. The summed E-state index contributed by atoms with van der Waals surface area (Å²) in [7, 11) is 0. The van der Waals surface area contributed by atoms with Crippen molar-refractivity contribution in [2.75, 3.05) is 12.4 Å². The molecule has 0 saturated carbocycles. The van der Waals surface area contributed by atoms with Crippen molar-refractivity contribution in [3.05, 3.63) is 52.3 Å². The number of halogens is 2. The standard InChI is InChI=1S/C18H17ClFNO3S/c1-2-24-15-9-10(8-12(19)16(15)22)18(23)21-14-6-7-25-17-11(14)4-3-5-13(17)20/h3-5,8-9,14,22H,2,6-7H2,1H3,(H,21,23). The van der Waals surface area contributed by atoms with Gasteiger partial charge in [0.2, 0.25) is 0 Å². The summed E-state index contributed by atoms with van der Waals surface area (Å²) in [5.41, 5.74) is 1.06. The number of phenolic OH excluding ortho intramolecular Hbond substituents is 1. The summed E-state index contributed by atoms with van der Waals surface area (Å²) < 4.78 is 19.2. The van der Waals surface area contributed by atoms with Gasteiger partial charge in [-0.05, 0) is 37.1 Å². The Morgan fingerprint density at radius 2 is 2.28 bits per heavy atom. The fourth-order valence-electron chi connectivity index (χ4n) is 2.75. The summed E-state index contributed by atoms with van der Waals surface area (Å²) in [4.78, 5) is 13.2. The molecular formula is C18H17ClFNO3S. The van der Waals surface area contributed by atoms with Gasteiger partial charge in [-0.2, -0.15) is 0 Å². The molecule has 0 aromatic heterocycles. The van der Waals surface area contributed by atoms with Gasteiger partial charge in [-0.15, -0.1) is 11.8 Å². The maximum atomic E-state index is 13.9. The number of carbonyl (C=O) groups is 1. The van der Waals surface area contributed by atoms with E-state index >= 15 is 0 Å². The normalized spacial score (nSPS) is 16.2. The van der Waals surface area contributed by atoms with Crippen molar-refractivity contribution in [3.63, 3.8) is 0 Å². The summed E-state index contributed by atoms with van der Waals surface area (Å²) in [6.07, 6.45) is 0.705.